The van der Waals surface area contributed by atoms with Crippen LogP contribution in [0, 0.1) is 5.92 Å². The molecule has 0 aromatic carbocycles. The standard InChI is InChI=1S/C8H18N2O4S/c1-6(2)8(11)9-7-4-10(14-5-7)15(3,12)13/h6-7,12-13H,4-5H2,1-3H3,(H,9,11). The molecule has 1 atom stereocenters. The first-order valence-electron chi connectivity index (χ1n) is 4.75. The highest BCUT2D eigenvalue weighted by molar-refractivity contribution is 8.21. The molecule has 0 aromatic heterocycles. The monoisotopic (exact) mass is 238 g/mol. The highest BCUT2D eigenvalue weighted by atomic mass is 32.3. The van der Waals surface area contributed by atoms with Gasteiger partial charge in [0.2, 0.25) is 5.91 Å². The van der Waals surface area contributed by atoms with Crippen LogP contribution < -0.4 is 5.32 Å². The van der Waals surface area contributed by atoms with Gasteiger partial charge in [-0.05, 0) is 0 Å². The predicted octanol–water partition coefficient (Wildman–Crippen LogP) is 0.670. The Balaban J connectivity index is 2.41. The van der Waals surface area contributed by atoms with Crippen molar-refractivity contribution in [1.82, 2.24) is 9.79 Å². The Morgan fingerprint density at radius 1 is 1.60 bits per heavy atom. The second kappa shape index (κ2) is 4.67. The molecule has 7 heteroatoms. The number of hydrogen-bond donors (Lipinski definition) is 3. The summed E-state index contributed by atoms with van der Waals surface area (Å²) in [4.78, 5) is 16.4. The topological polar surface area (TPSA) is 82.0 Å². The average molecular weight is 238 g/mol. The van der Waals surface area contributed by atoms with Crippen molar-refractivity contribution in [2.75, 3.05) is 19.4 Å². The summed E-state index contributed by atoms with van der Waals surface area (Å²) in [6.07, 6.45) is 1.29. The quantitative estimate of drug-likeness (QED) is 0.673. The van der Waals surface area contributed by atoms with Crippen LogP contribution in [-0.4, -0.2) is 44.9 Å². The number of rotatable bonds is 3. The fourth-order valence-electron chi connectivity index (χ4n) is 1.15. The molecule has 15 heavy (non-hydrogen) atoms. The highest BCUT2D eigenvalue weighted by Gasteiger charge is 2.31. The summed E-state index contributed by atoms with van der Waals surface area (Å²) in [7, 11) is -2.83. The van der Waals surface area contributed by atoms with Crippen LogP contribution in [0.2, 0.25) is 0 Å². The summed E-state index contributed by atoms with van der Waals surface area (Å²) in [5, 5.41) is 2.77. The molecule has 0 aliphatic carbocycles. The molecule has 1 aliphatic rings. The predicted molar refractivity (Wildman–Crippen MR) is 58.2 cm³/mol. The van der Waals surface area contributed by atoms with Gasteiger partial charge in [-0.25, -0.2) is 0 Å². The lowest BCUT2D eigenvalue weighted by Gasteiger charge is -2.34. The van der Waals surface area contributed by atoms with Gasteiger partial charge in [0.1, 0.15) is 0 Å². The molecule has 90 valence electrons. The van der Waals surface area contributed by atoms with Crippen LogP contribution in [0.4, 0.5) is 0 Å². The summed E-state index contributed by atoms with van der Waals surface area (Å²) >= 11 is 0. The Morgan fingerprint density at radius 3 is 2.60 bits per heavy atom. The normalized spacial score (nSPS) is 24.5. The van der Waals surface area contributed by atoms with Crippen molar-refractivity contribution < 1.29 is 18.7 Å². The molecule has 1 saturated heterocycles. The first-order chi connectivity index (χ1) is 6.80. The maximum atomic E-state index is 11.4. The average Bonchev–Trinajstić information content (AvgIpc) is 2.51. The summed E-state index contributed by atoms with van der Waals surface area (Å²) in [6.45, 7) is 4.19. The van der Waals surface area contributed by atoms with Crippen molar-refractivity contribution in [1.29, 1.82) is 0 Å². The van der Waals surface area contributed by atoms with Crippen molar-refractivity contribution >= 4 is 16.7 Å². The third-order valence-corrected chi connectivity index (χ3v) is 3.07. The van der Waals surface area contributed by atoms with Crippen molar-refractivity contribution in [3.8, 4) is 0 Å². The number of nitrogens with zero attached hydrogens (tertiary/aromatic N) is 1. The Labute approximate surface area is 91.0 Å². The Kier molecular flexibility index (Phi) is 3.96. The molecule has 1 unspecified atom stereocenters. The smallest absolute Gasteiger partial charge is 0.222 e. The van der Waals surface area contributed by atoms with E-state index in [2.05, 4.69) is 5.32 Å². The van der Waals surface area contributed by atoms with Crippen LogP contribution in [0.15, 0.2) is 0 Å². The third-order valence-electron chi connectivity index (χ3n) is 2.05. The zero-order valence-corrected chi connectivity index (χ0v) is 9.95. The van der Waals surface area contributed by atoms with Crippen LogP contribution in [0.25, 0.3) is 0 Å². The van der Waals surface area contributed by atoms with Gasteiger partial charge < -0.3 is 5.32 Å². The minimum absolute atomic E-state index is 0.0574. The highest BCUT2D eigenvalue weighted by Crippen LogP contribution is 2.40. The number of carbonyl (C=O) groups is 1. The number of hydroxylamine groups is 1. The fourth-order valence-corrected chi connectivity index (χ4v) is 1.88. The van der Waals surface area contributed by atoms with E-state index in [0.717, 1.165) is 4.47 Å². The lowest BCUT2D eigenvalue weighted by molar-refractivity contribution is -0.124. The summed E-state index contributed by atoms with van der Waals surface area (Å²) in [6, 6.07) is -0.175. The molecule has 0 saturated carbocycles. The van der Waals surface area contributed by atoms with Crippen LogP contribution >= 0.6 is 10.8 Å². The van der Waals surface area contributed by atoms with Gasteiger partial charge in [-0.2, -0.15) is 0 Å². The summed E-state index contributed by atoms with van der Waals surface area (Å²) in [5.74, 6) is -0.140. The second-order valence-electron chi connectivity index (χ2n) is 3.96. The minimum atomic E-state index is -2.83. The first kappa shape index (κ1) is 12.7. The van der Waals surface area contributed by atoms with Crippen LogP contribution in [0.1, 0.15) is 13.8 Å². The lowest BCUT2D eigenvalue weighted by Crippen LogP contribution is -2.40. The molecule has 1 rings (SSSR count). The minimum Gasteiger partial charge on any atom is -0.349 e. The van der Waals surface area contributed by atoms with Crippen molar-refractivity contribution in [3.63, 3.8) is 0 Å². The number of carbonyl (C=O) groups excluding carboxylic acids is 1. The van der Waals surface area contributed by atoms with E-state index in [0.29, 0.717) is 6.54 Å². The van der Waals surface area contributed by atoms with Gasteiger partial charge in [0.15, 0.2) is 0 Å². The van der Waals surface area contributed by atoms with Gasteiger partial charge in [-0.1, -0.05) is 18.3 Å². The van der Waals surface area contributed by atoms with Crippen molar-refractivity contribution in [2.45, 2.75) is 19.9 Å². The first-order valence-corrected chi connectivity index (χ1v) is 6.66. The zero-order valence-electron chi connectivity index (χ0n) is 9.14. The van der Waals surface area contributed by atoms with E-state index < -0.39 is 10.8 Å². The molecule has 1 aliphatic heterocycles. The van der Waals surface area contributed by atoms with Crippen LogP contribution in [0.5, 0.6) is 0 Å². The SMILES string of the molecule is CC(C)C(=O)NC1CON(S(C)(O)O)C1. The molecule has 0 aromatic rings. The van der Waals surface area contributed by atoms with Gasteiger partial charge in [-0.15, -0.1) is 10.8 Å². The van der Waals surface area contributed by atoms with E-state index in [4.69, 9.17) is 4.84 Å². The summed E-state index contributed by atoms with van der Waals surface area (Å²) in [5.41, 5.74) is 0. The van der Waals surface area contributed by atoms with Gasteiger partial charge >= 0.3 is 0 Å². The molecular formula is C8H18N2O4S. The largest absolute Gasteiger partial charge is 0.349 e. The van der Waals surface area contributed by atoms with Gasteiger partial charge in [0, 0.05) is 12.2 Å². The van der Waals surface area contributed by atoms with E-state index in [1.807, 2.05) is 0 Å². The van der Waals surface area contributed by atoms with Crippen molar-refractivity contribution in [3.05, 3.63) is 0 Å². The molecule has 0 bridgehead atoms. The van der Waals surface area contributed by atoms with E-state index in [1.54, 1.807) is 13.8 Å². The van der Waals surface area contributed by atoms with E-state index in [-0.39, 0.29) is 24.5 Å². The Morgan fingerprint density at radius 2 is 2.20 bits per heavy atom. The fraction of sp³-hybridized carbons (Fsp3) is 0.875. The van der Waals surface area contributed by atoms with Gasteiger partial charge in [-0.3, -0.25) is 18.7 Å². The number of nitrogens with one attached hydrogen (secondary N) is 1. The van der Waals surface area contributed by atoms with Crippen molar-refractivity contribution in [2.24, 2.45) is 5.92 Å². The van der Waals surface area contributed by atoms with Gasteiger partial charge in [0.05, 0.1) is 19.2 Å². The van der Waals surface area contributed by atoms with Crippen LogP contribution in [0.3, 0.4) is 0 Å². The molecule has 1 fully saturated rings. The van der Waals surface area contributed by atoms with Gasteiger partial charge in [0.25, 0.3) is 0 Å². The number of amides is 1. The molecule has 0 spiro atoms. The molecule has 6 nitrogen and oxygen atoms in total. The molecule has 3 N–H and O–H groups in total. The third kappa shape index (κ3) is 3.62. The number of hydrogen-bond acceptors (Lipinski definition) is 5. The van der Waals surface area contributed by atoms with E-state index in [9.17, 15) is 13.9 Å². The Hall–Kier alpha value is -0.340. The Bertz CT molecular complexity index is 241. The molecule has 1 heterocycles. The maximum absolute atomic E-state index is 11.4. The molecule has 1 amide bonds. The lowest BCUT2D eigenvalue weighted by atomic mass is 10.2. The second-order valence-corrected chi connectivity index (χ2v) is 5.96. The molecule has 0 radical (unpaired) electrons. The van der Waals surface area contributed by atoms with E-state index >= 15 is 0 Å². The molecular weight excluding hydrogens is 220 g/mol. The maximum Gasteiger partial charge on any atom is 0.222 e. The zero-order chi connectivity index (χ0) is 11.6. The van der Waals surface area contributed by atoms with E-state index in [1.165, 1.54) is 6.26 Å². The van der Waals surface area contributed by atoms with Crippen LogP contribution in [-0.2, 0) is 9.63 Å². The summed E-state index contributed by atoms with van der Waals surface area (Å²) < 4.78 is 19.7.